The Balaban J connectivity index is 1.56. The molecule has 3 aromatic rings. The third kappa shape index (κ3) is 3.39. The van der Waals surface area contributed by atoms with Crippen LogP contribution in [0.15, 0.2) is 42.6 Å². The first-order chi connectivity index (χ1) is 13.1. The SMILES string of the molecule is CCc1nc2ccc(Cl)cn2c1C(=O)N1CCN(c2cccc(C)c2)CC1. The van der Waals surface area contributed by atoms with Crippen LogP contribution in [0.2, 0.25) is 5.02 Å². The maximum Gasteiger partial charge on any atom is 0.272 e. The largest absolute Gasteiger partial charge is 0.368 e. The van der Waals surface area contributed by atoms with Crippen LogP contribution >= 0.6 is 11.6 Å². The van der Waals surface area contributed by atoms with Gasteiger partial charge in [-0.3, -0.25) is 9.20 Å². The number of pyridine rings is 1. The third-order valence-electron chi connectivity index (χ3n) is 5.13. The van der Waals surface area contributed by atoms with Crippen molar-refractivity contribution >= 4 is 28.8 Å². The third-order valence-corrected chi connectivity index (χ3v) is 5.35. The highest BCUT2D eigenvalue weighted by Gasteiger charge is 2.27. The minimum absolute atomic E-state index is 0.0329. The van der Waals surface area contributed by atoms with Crippen LogP contribution in [0.1, 0.15) is 28.7 Å². The molecule has 0 bridgehead atoms. The van der Waals surface area contributed by atoms with Crippen molar-refractivity contribution in [3.05, 3.63) is 64.6 Å². The molecule has 3 heterocycles. The number of carbonyl (C=O) groups excluding carboxylic acids is 1. The topological polar surface area (TPSA) is 40.9 Å². The Labute approximate surface area is 164 Å². The van der Waals surface area contributed by atoms with Gasteiger partial charge < -0.3 is 9.80 Å². The van der Waals surface area contributed by atoms with E-state index in [-0.39, 0.29) is 5.91 Å². The molecule has 1 amide bonds. The molecule has 140 valence electrons. The van der Waals surface area contributed by atoms with Gasteiger partial charge in [-0.05, 0) is 43.2 Å². The number of hydrogen-bond acceptors (Lipinski definition) is 3. The molecule has 6 heteroatoms. The molecule has 0 N–H and O–H groups in total. The average Bonchev–Trinajstić information content (AvgIpc) is 3.05. The summed E-state index contributed by atoms with van der Waals surface area (Å²) in [7, 11) is 0. The number of aryl methyl sites for hydroxylation is 2. The fourth-order valence-electron chi connectivity index (χ4n) is 3.68. The van der Waals surface area contributed by atoms with Crippen molar-refractivity contribution in [3.8, 4) is 0 Å². The summed E-state index contributed by atoms with van der Waals surface area (Å²) in [6.45, 7) is 7.18. The van der Waals surface area contributed by atoms with Gasteiger partial charge in [0.2, 0.25) is 0 Å². The normalized spacial score (nSPS) is 14.8. The zero-order valence-corrected chi connectivity index (χ0v) is 16.4. The molecule has 0 radical (unpaired) electrons. The molecule has 1 aliphatic rings. The van der Waals surface area contributed by atoms with Crippen LogP contribution in [0.3, 0.4) is 0 Å². The van der Waals surface area contributed by atoms with Crippen LogP contribution in [0.5, 0.6) is 0 Å². The van der Waals surface area contributed by atoms with E-state index in [0.29, 0.717) is 30.2 Å². The molecule has 4 rings (SSSR count). The molecule has 0 unspecified atom stereocenters. The van der Waals surface area contributed by atoms with E-state index < -0.39 is 0 Å². The number of imidazole rings is 1. The first-order valence-electron chi connectivity index (χ1n) is 9.34. The van der Waals surface area contributed by atoms with Crippen LogP contribution in [0, 0.1) is 6.92 Å². The molecule has 0 atom stereocenters. The highest BCUT2D eigenvalue weighted by Crippen LogP contribution is 2.22. The summed E-state index contributed by atoms with van der Waals surface area (Å²) in [5, 5.41) is 0.598. The fraction of sp³-hybridized carbons (Fsp3) is 0.333. The molecule has 0 saturated carbocycles. The number of aromatic nitrogens is 2. The number of rotatable bonds is 3. The highest BCUT2D eigenvalue weighted by atomic mass is 35.5. The van der Waals surface area contributed by atoms with E-state index in [9.17, 15) is 4.79 Å². The second-order valence-corrected chi connectivity index (χ2v) is 7.39. The van der Waals surface area contributed by atoms with Gasteiger partial charge in [0.05, 0.1) is 10.7 Å². The van der Waals surface area contributed by atoms with Gasteiger partial charge in [0.25, 0.3) is 5.91 Å². The fourth-order valence-corrected chi connectivity index (χ4v) is 3.84. The second-order valence-electron chi connectivity index (χ2n) is 6.95. The van der Waals surface area contributed by atoms with Crippen molar-refractivity contribution in [2.45, 2.75) is 20.3 Å². The summed E-state index contributed by atoms with van der Waals surface area (Å²) in [6, 6.07) is 12.2. The molecule has 1 saturated heterocycles. The lowest BCUT2D eigenvalue weighted by atomic mass is 10.1. The minimum Gasteiger partial charge on any atom is -0.368 e. The molecule has 1 fully saturated rings. The Bertz CT molecular complexity index is 989. The molecule has 5 nitrogen and oxygen atoms in total. The predicted octanol–water partition coefficient (Wildman–Crippen LogP) is 3.82. The monoisotopic (exact) mass is 382 g/mol. The van der Waals surface area contributed by atoms with Crippen LogP contribution in [-0.4, -0.2) is 46.4 Å². The van der Waals surface area contributed by atoms with Gasteiger partial charge in [-0.1, -0.05) is 30.7 Å². The summed E-state index contributed by atoms with van der Waals surface area (Å²) in [4.78, 5) is 22.1. The van der Waals surface area contributed by atoms with Crippen molar-refractivity contribution < 1.29 is 4.79 Å². The highest BCUT2D eigenvalue weighted by molar-refractivity contribution is 6.30. The molecular weight excluding hydrogens is 360 g/mol. The summed E-state index contributed by atoms with van der Waals surface area (Å²) >= 11 is 6.15. The first-order valence-corrected chi connectivity index (χ1v) is 9.72. The quantitative estimate of drug-likeness (QED) is 0.691. The Morgan fingerprint density at radius 2 is 1.93 bits per heavy atom. The number of carbonyl (C=O) groups is 1. The van der Waals surface area contributed by atoms with Crippen LogP contribution in [-0.2, 0) is 6.42 Å². The standard InChI is InChI=1S/C21H23ClN4O/c1-3-18-20(26-14-16(22)7-8-19(26)23-18)21(27)25-11-9-24(10-12-25)17-6-4-5-15(2)13-17/h4-8,13-14H,3,9-12H2,1-2H3. The summed E-state index contributed by atoms with van der Waals surface area (Å²) in [5.74, 6) is 0.0329. The second kappa shape index (κ2) is 7.24. The number of anilines is 1. The molecule has 1 aromatic carbocycles. The molecule has 0 spiro atoms. The van der Waals surface area contributed by atoms with Gasteiger partial charge in [-0.15, -0.1) is 0 Å². The van der Waals surface area contributed by atoms with Gasteiger partial charge in [-0.2, -0.15) is 0 Å². The molecule has 27 heavy (non-hydrogen) atoms. The number of fused-ring (bicyclic) bond motifs is 1. The predicted molar refractivity (Wildman–Crippen MR) is 109 cm³/mol. The average molecular weight is 383 g/mol. The summed E-state index contributed by atoms with van der Waals surface area (Å²) in [6.07, 6.45) is 2.49. The van der Waals surface area contributed by atoms with Crippen molar-refractivity contribution in [1.29, 1.82) is 0 Å². The summed E-state index contributed by atoms with van der Waals surface area (Å²) in [5.41, 5.74) is 4.69. The lowest BCUT2D eigenvalue weighted by molar-refractivity contribution is 0.0738. The van der Waals surface area contributed by atoms with E-state index in [2.05, 4.69) is 41.1 Å². The summed E-state index contributed by atoms with van der Waals surface area (Å²) < 4.78 is 1.83. The zero-order chi connectivity index (χ0) is 19.0. The Kier molecular flexibility index (Phi) is 4.79. The Morgan fingerprint density at radius 3 is 2.63 bits per heavy atom. The van der Waals surface area contributed by atoms with Gasteiger partial charge in [0.1, 0.15) is 11.3 Å². The van der Waals surface area contributed by atoms with Crippen LogP contribution < -0.4 is 4.90 Å². The Morgan fingerprint density at radius 1 is 1.15 bits per heavy atom. The lowest BCUT2D eigenvalue weighted by Crippen LogP contribution is -2.49. The molecule has 2 aromatic heterocycles. The van der Waals surface area contributed by atoms with Gasteiger partial charge in [-0.25, -0.2) is 4.98 Å². The smallest absolute Gasteiger partial charge is 0.272 e. The number of benzene rings is 1. The van der Waals surface area contributed by atoms with Crippen molar-refractivity contribution in [2.75, 3.05) is 31.1 Å². The molecule has 0 aliphatic carbocycles. The van der Waals surface area contributed by atoms with Crippen molar-refractivity contribution in [1.82, 2.24) is 14.3 Å². The number of piperazine rings is 1. The van der Waals surface area contributed by atoms with Crippen molar-refractivity contribution in [3.63, 3.8) is 0 Å². The molecule has 1 aliphatic heterocycles. The van der Waals surface area contributed by atoms with E-state index in [1.54, 1.807) is 12.3 Å². The van der Waals surface area contributed by atoms with Crippen LogP contribution in [0.4, 0.5) is 5.69 Å². The first kappa shape index (κ1) is 17.9. The van der Waals surface area contributed by atoms with E-state index in [0.717, 1.165) is 24.4 Å². The van der Waals surface area contributed by atoms with E-state index in [1.807, 2.05) is 22.3 Å². The number of nitrogens with zero attached hydrogens (tertiary/aromatic N) is 4. The van der Waals surface area contributed by atoms with Crippen molar-refractivity contribution in [2.24, 2.45) is 0 Å². The number of hydrogen-bond donors (Lipinski definition) is 0. The number of halogens is 1. The van der Waals surface area contributed by atoms with Crippen LogP contribution in [0.25, 0.3) is 5.65 Å². The number of amides is 1. The maximum atomic E-state index is 13.3. The van der Waals surface area contributed by atoms with E-state index in [4.69, 9.17) is 11.6 Å². The lowest BCUT2D eigenvalue weighted by Gasteiger charge is -2.36. The van der Waals surface area contributed by atoms with Gasteiger partial charge in [0.15, 0.2) is 0 Å². The van der Waals surface area contributed by atoms with Gasteiger partial charge in [0, 0.05) is 38.1 Å². The van der Waals surface area contributed by atoms with Gasteiger partial charge >= 0.3 is 0 Å². The molecular formula is C21H23ClN4O. The van der Waals surface area contributed by atoms with E-state index in [1.165, 1.54) is 11.3 Å². The Hall–Kier alpha value is -2.53. The van der Waals surface area contributed by atoms with E-state index >= 15 is 0 Å². The minimum atomic E-state index is 0.0329. The maximum absolute atomic E-state index is 13.3. The zero-order valence-electron chi connectivity index (χ0n) is 15.7.